The van der Waals surface area contributed by atoms with Gasteiger partial charge in [0.05, 0.1) is 24.7 Å². The Labute approximate surface area is 172 Å². The molecule has 0 heterocycles. The molecule has 1 amide bonds. The number of ether oxygens (including phenoxy) is 2. The van der Waals surface area contributed by atoms with Crippen molar-refractivity contribution < 1.29 is 22.7 Å². The molecule has 0 radical (unpaired) electrons. The molecular weight excluding hydrogens is 392 g/mol. The number of methoxy groups -OCH3 is 1. The highest BCUT2D eigenvalue weighted by Crippen LogP contribution is 2.28. The van der Waals surface area contributed by atoms with Crippen molar-refractivity contribution in [2.75, 3.05) is 20.7 Å². The fraction of sp³-hybridized carbons (Fsp3) is 0.381. The minimum Gasteiger partial charge on any atom is -0.493 e. The van der Waals surface area contributed by atoms with Crippen molar-refractivity contribution in [1.82, 2.24) is 9.62 Å². The highest BCUT2D eigenvalue weighted by molar-refractivity contribution is 7.89. The normalized spacial score (nSPS) is 11.6. The summed E-state index contributed by atoms with van der Waals surface area (Å²) in [6.45, 7) is 5.70. The maximum Gasteiger partial charge on any atom is 0.243 e. The number of benzene rings is 2. The average Bonchev–Trinajstić information content (AvgIpc) is 2.67. The summed E-state index contributed by atoms with van der Waals surface area (Å²) in [7, 11) is -0.790. The molecule has 0 unspecified atom stereocenters. The van der Waals surface area contributed by atoms with Crippen LogP contribution in [0.4, 0.5) is 0 Å². The minimum absolute atomic E-state index is 0.0143. The SMILES string of the molecule is COc1cc(CNC(=O)CN(C)S(=O)(=O)c2ccc(C)cc2)ccc1OC(C)C. The van der Waals surface area contributed by atoms with Crippen LogP contribution >= 0.6 is 0 Å². The fourth-order valence-electron chi connectivity index (χ4n) is 2.61. The molecule has 0 fully saturated rings. The number of amides is 1. The third kappa shape index (κ3) is 6.20. The molecule has 0 aliphatic heterocycles. The molecule has 0 saturated carbocycles. The van der Waals surface area contributed by atoms with Crippen molar-refractivity contribution >= 4 is 15.9 Å². The van der Waals surface area contributed by atoms with Gasteiger partial charge in [-0.25, -0.2) is 8.42 Å². The predicted molar refractivity (Wildman–Crippen MR) is 112 cm³/mol. The summed E-state index contributed by atoms with van der Waals surface area (Å²) in [5.74, 6) is 0.802. The zero-order valence-corrected chi connectivity index (χ0v) is 18.2. The molecule has 0 bridgehead atoms. The molecule has 0 aliphatic carbocycles. The van der Waals surface area contributed by atoms with Gasteiger partial charge in [-0.1, -0.05) is 23.8 Å². The van der Waals surface area contributed by atoms with Crippen LogP contribution in [0, 0.1) is 6.92 Å². The monoisotopic (exact) mass is 420 g/mol. The van der Waals surface area contributed by atoms with Gasteiger partial charge in [-0.15, -0.1) is 0 Å². The molecule has 0 aliphatic rings. The van der Waals surface area contributed by atoms with E-state index in [1.54, 1.807) is 31.4 Å². The van der Waals surface area contributed by atoms with Crippen LogP contribution in [0.15, 0.2) is 47.4 Å². The van der Waals surface area contributed by atoms with Gasteiger partial charge in [0.1, 0.15) is 0 Å². The van der Waals surface area contributed by atoms with Crippen LogP contribution in [0.2, 0.25) is 0 Å². The number of aryl methyl sites for hydroxylation is 1. The number of likely N-dealkylation sites (N-methyl/N-ethyl adjacent to an activating group) is 1. The zero-order valence-electron chi connectivity index (χ0n) is 17.4. The highest BCUT2D eigenvalue weighted by atomic mass is 32.2. The van der Waals surface area contributed by atoms with Gasteiger partial charge in [-0.3, -0.25) is 4.79 Å². The van der Waals surface area contributed by atoms with E-state index in [9.17, 15) is 13.2 Å². The van der Waals surface area contributed by atoms with Crippen molar-refractivity contribution in [2.24, 2.45) is 0 Å². The summed E-state index contributed by atoms with van der Waals surface area (Å²) in [6, 6.07) is 11.9. The number of sulfonamides is 1. The summed E-state index contributed by atoms with van der Waals surface area (Å²) < 4.78 is 37.2. The van der Waals surface area contributed by atoms with Crippen LogP contribution < -0.4 is 14.8 Å². The van der Waals surface area contributed by atoms with E-state index in [1.807, 2.05) is 26.8 Å². The zero-order chi connectivity index (χ0) is 21.6. The number of hydrogen-bond acceptors (Lipinski definition) is 5. The van der Waals surface area contributed by atoms with Crippen molar-refractivity contribution in [2.45, 2.75) is 38.3 Å². The van der Waals surface area contributed by atoms with E-state index >= 15 is 0 Å². The molecule has 2 rings (SSSR count). The quantitative estimate of drug-likeness (QED) is 0.674. The molecule has 7 nitrogen and oxygen atoms in total. The molecule has 2 aromatic rings. The summed E-state index contributed by atoms with van der Waals surface area (Å²) in [5.41, 5.74) is 1.78. The van der Waals surface area contributed by atoms with E-state index in [4.69, 9.17) is 9.47 Å². The van der Waals surface area contributed by atoms with Crippen LogP contribution in [-0.4, -0.2) is 45.4 Å². The molecular formula is C21H28N2O5S. The Bertz CT molecular complexity index is 940. The second-order valence-electron chi connectivity index (χ2n) is 7.00. The van der Waals surface area contributed by atoms with Gasteiger partial charge in [0.2, 0.25) is 15.9 Å². The van der Waals surface area contributed by atoms with E-state index in [0.717, 1.165) is 15.4 Å². The topological polar surface area (TPSA) is 84.9 Å². The molecule has 8 heteroatoms. The van der Waals surface area contributed by atoms with E-state index < -0.39 is 15.9 Å². The maximum atomic E-state index is 12.6. The van der Waals surface area contributed by atoms with Gasteiger partial charge in [0, 0.05) is 13.6 Å². The lowest BCUT2D eigenvalue weighted by molar-refractivity contribution is -0.121. The highest BCUT2D eigenvalue weighted by Gasteiger charge is 2.22. The van der Waals surface area contributed by atoms with E-state index in [0.29, 0.717) is 11.5 Å². The van der Waals surface area contributed by atoms with Gasteiger partial charge >= 0.3 is 0 Å². The Morgan fingerprint density at radius 3 is 2.34 bits per heavy atom. The number of nitrogens with one attached hydrogen (secondary N) is 1. The Kier molecular flexibility index (Phi) is 7.64. The first-order valence-electron chi connectivity index (χ1n) is 9.26. The van der Waals surface area contributed by atoms with Crippen LogP contribution in [0.5, 0.6) is 11.5 Å². The van der Waals surface area contributed by atoms with Crippen molar-refractivity contribution in [3.63, 3.8) is 0 Å². The first-order valence-corrected chi connectivity index (χ1v) is 10.7. The van der Waals surface area contributed by atoms with Crippen molar-refractivity contribution in [3.05, 3.63) is 53.6 Å². The molecule has 0 atom stereocenters. The largest absolute Gasteiger partial charge is 0.493 e. The molecule has 0 aromatic heterocycles. The van der Waals surface area contributed by atoms with Gasteiger partial charge in [-0.2, -0.15) is 4.31 Å². The summed E-state index contributed by atoms with van der Waals surface area (Å²) in [5, 5.41) is 2.73. The van der Waals surface area contributed by atoms with Crippen LogP contribution in [0.1, 0.15) is 25.0 Å². The lowest BCUT2D eigenvalue weighted by Gasteiger charge is -2.17. The van der Waals surface area contributed by atoms with Crippen LogP contribution in [0.25, 0.3) is 0 Å². The molecule has 0 spiro atoms. The number of nitrogens with zero attached hydrogens (tertiary/aromatic N) is 1. The summed E-state index contributed by atoms with van der Waals surface area (Å²) in [4.78, 5) is 12.4. The number of hydrogen-bond donors (Lipinski definition) is 1. The van der Waals surface area contributed by atoms with Gasteiger partial charge < -0.3 is 14.8 Å². The van der Waals surface area contributed by atoms with E-state index in [2.05, 4.69) is 5.32 Å². The molecule has 1 N–H and O–H groups in total. The third-order valence-corrected chi connectivity index (χ3v) is 5.99. The minimum atomic E-state index is -3.73. The lowest BCUT2D eigenvalue weighted by Crippen LogP contribution is -2.38. The third-order valence-electron chi connectivity index (χ3n) is 4.18. The van der Waals surface area contributed by atoms with Crippen molar-refractivity contribution in [1.29, 1.82) is 0 Å². The van der Waals surface area contributed by atoms with E-state index in [-0.39, 0.29) is 24.1 Å². The molecule has 2 aromatic carbocycles. The molecule has 0 saturated heterocycles. The van der Waals surface area contributed by atoms with E-state index in [1.165, 1.54) is 19.2 Å². The molecule has 29 heavy (non-hydrogen) atoms. The summed E-state index contributed by atoms with van der Waals surface area (Å²) >= 11 is 0. The van der Waals surface area contributed by atoms with Gasteiger partial charge in [-0.05, 0) is 50.6 Å². The summed E-state index contributed by atoms with van der Waals surface area (Å²) in [6.07, 6.45) is 0.0143. The Morgan fingerprint density at radius 2 is 1.76 bits per heavy atom. The first kappa shape index (κ1) is 22.7. The standard InChI is InChI=1S/C21H28N2O5S/c1-15(2)28-19-11-8-17(12-20(19)27-5)13-22-21(24)14-23(4)29(25,26)18-9-6-16(3)7-10-18/h6-12,15H,13-14H2,1-5H3,(H,22,24). The lowest BCUT2D eigenvalue weighted by atomic mass is 10.2. The van der Waals surface area contributed by atoms with Gasteiger partial charge in [0.15, 0.2) is 11.5 Å². The molecule has 158 valence electrons. The Hall–Kier alpha value is -2.58. The maximum absolute atomic E-state index is 12.6. The second kappa shape index (κ2) is 9.76. The number of carbonyl (C=O) groups is 1. The predicted octanol–water partition coefficient (Wildman–Crippen LogP) is 2.73. The van der Waals surface area contributed by atoms with Crippen LogP contribution in [-0.2, 0) is 21.4 Å². The Balaban J connectivity index is 1.98. The van der Waals surface area contributed by atoms with Crippen LogP contribution in [0.3, 0.4) is 0 Å². The number of carbonyl (C=O) groups excluding carboxylic acids is 1. The smallest absolute Gasteiger partial charge is 0.243 e. The average molecular weight is 421 g/mol. The Morgan fingerprint density at radius 1 is 1.10 bits per heavy atom. The van der Waals surface area contributed by atoms with Gasteiger partial charge in [0.25, 0.3) is 0 Å². The number of rotatable bonds is 9. The second-order valence-corrected chi connectivity index (χ2v) is 9.05. The first-order chi connectivity index (χ1) is 13.6. The van der Waals surface area contributed by atoms with Crippen molar-refractivity contribution in [3.8, 4) is 11.5 Å². The fourth-order valence-corrected chi connectivity index (χ4v) is 3.73.